The number of hydrogen-bond acceptors (Lipinski definition) is 3. The highest BCUT2D eigenvalue weighted by atomic mass is 16.2. The Morgan fingerprint density at radius 2 is 1.92 bits per heavy atom. The molecule has 4 rings (SSSR count). The number of fused-ring (bicyclic) bond motifs is 1. The van der Waals surface area contributed by atoms with E-state index in [0.717, 1.165) is 36.3 Å². The molecule has 1 aromatic heterocycles. The molecular weight excluding hydrogens is 316 g/mol. The van der Waals surface area contributed by atoms with E-state index >= 15 is 0 Å². The molecule has 2 N–H and O–H groups in total. The van der Waals surface area contributed by atoms with Crippen LogP contribution in [0.25, 0.3) is 11.4 Å². The summed E-state index contributed by atoms with van der Waals surface area (Å²) in [5, 5.41) is 2.94. The Morgan fingerprint density at radius 1 is 1.16 bits per heavy atom. The summed E-state index contributed by atoms with van der Waals surface area (Å²) in [6, 6.07) is 7.77. The predicted octanol–water partition coefficient (Wildman–Crippen LogP) is 2.52. The molecule has 25 heavy (non-hydrogen) atoms. The summed E-state index contributed by atoms with van der Waals surface area (Å²) in [7, 11) is 0. The fourth-order valence-electron chi connectivity index (χ4n) is 3.53. The lowest BCUT2D eigenvalue weighted by Gasteiger charge is -2.21. The Bertz CT molecular complexity index is 836. The summed E-state index contributed by atoms with van der Waals surface area (Å²) in [4.78, 5) is 33.8. The average Bonchev–Trinajstić information content (AvgIpc) is 3.16. The van der Waals surface area contributed by atoms with E-state index in [0.29, 0.717) is 24.5 Å². The Kier molecular flexibility index (Phi) is 3.63. The Morgan fingerprint density at radius 3 is 2.60 bits per heavy atom. The van der Waals surface area contributed by atoms with Crippen molar-refractivity contribution in [3.63, 3.8) is 0 Å². The molecule has 0 bridgehead atoms. The second-order valence-electron chi connectivity index (χ2n) is 7.63. The topological polar surface area (TPSA) is 78.1 Å². The van der Waals surface area contributed by atoms with Gasteiger partial charge in [-0.15, -0.1) is 0 Å². The van der Waals surface area contributed by atoms with Crippen molar-refractivity contribution in [2.45, 2.75) is 33.1 Å². The molecule has 2 aromatic rings. The normalized spacial score (nSPS) is 19.5. The van der Waals surface area contributed by atoms with Gasteiger partial charge in [0, 0.05) is 36.5 Å². The molecule has 6 nitrogen and oxygen atoms in total. The van der Waals surface area contributed by atoms with Gasteiger partial charge in [0.15, 0.2) is 0 Å². The summed E-state index contributed by atoms with van der Waals surface area (Å²) in [5.74, 6) is 0.746. The number of nitrogens with one attached hydrogen (secondary N) is 2. The van der Waals surface area contributed by atoms with Gasteiger partial charge >= 0.3 is 0 Å². The van der Waals surface area contributed by atoms with E-state index in [9.17, 15) is 9.59 Å². The molecule has 3 heterocycles. The minimum atomic E-state index is -0.123. The number of nitrogens with zero attached hydrogens (tertiary/aromatic N) is 2. The summed E-state index contributed by atoms with van der Waals surface area (Å²) >= 11 is 0. The van der Waals surface area contributed by atoms with Gasteiger partial charge in [-0.2, -0.15) is 0 Å². The monoisotopic (exact) mass is 338 g/mol. The number of hydrogen-bond donors (Lipinski definition) is 2. The Labute approximate surface area is 146 Å². The largest absolute Gasteiger partial charge is 0.350 e. The first-order valence-corrected chi connectivity index (χ1v) is 8.71. The first-order chi connectivity index (χ1) is 11.9. The number of aromatic amines is 1. The van der Waals surface area contributed by atoms with Crippen molar-refractivity contribution in [3.8, 4) is 11.4 Å². The Balaban J connectivity index is 1.64. The maximum atomic E-state index is 12.3. The molecular formula is C19H22N4O2. The second-order valence-corrected chi connectivity index (χ2v) is 7.63. The highest BCUT2D eigenvalue weighted by molar-refractivity contribution is 5.96. The number of amides is 2. The number of imidazole rings is 1. The van der Waals surface area contributed by atoms with Gasteiger partial charge in [-0.1, -0.05) is 13.8 Å². The maximum Gasteiger partial charge on any atom is 0.271 e. The predicted molar refractivity (Wildman–Crippen MR) is 95.4 cm³/mol. The highest BCUT2D eigenvalue weighted by Crippen LogP contribution is 2.29. The number of carbonyl (C=O) groups excluding carboxylic acids is 2. The van der Waals surface area contributed by atoms with Gasteiger partial charge in [-0.25, -0.2) is 4.98 Å². The molecule has 6 heteroatoms. The van der Waals surface area contributed by atoms with E-state index in [-0.39, 0.29) is 17.2 Å². The standard InChI is InChI=1S/C19H22N4O2/c1-19(2)10-14-16(18(25)20-11-19)22-17(21-14)12-5-7-13(8-6-12)23-9-3-4-15(23)24/h5-8H,3-4,9-11H2,1-2H3,(H,20,25)(H,21,22). The Hall–Kier alpha value is -2.63. The zero-order valence-corrected chi connectivity index (χ0v) is 14.6. The molecule has 130 valence electrons. The number of anilines is 1. The van der Waals surface area contributed by atoms with E-state index in [1.165, 1.54) is 0 Å². The van der Waals surface area contributed by atoms with Crippen molar-refractivity contribution < 1.29 is 9.59 Å². The van der Waals surface area contributed by atoms with Crippen molar-refractivity contribution in [2.24, 2.45) is 5.41 Å². The molecule has 0 unspecified atom stereocenters. The fraction of sp³-hybridized carbons (Fsp3) is 0.421. The van der Waals surface area contributed by atoms with Crippen LogP contribution in [0.4, 0.5) is 5.69 Å². The van der Waals surface area contributed by atoms with Gasteiger partial charge in [0.2, 0.25) is 5.91 Å². The van der Waals surface area contributed by atoms with Gasteiger partial charge in [-0.3, -0.25) is 9.59 Å². The van der Waals surface area contributed by atoms with Crippen LogP contribution in [0.1, 0.15) is 42.9 Å². The minimum absolute atomic E-state index is 0.00924. The van der Waals surface area contributed by atoms with Crippen LogP contribution < -0.4 is 10.2 Å². The first-order valence-electron chi connectivity index (χ1n) is 8.71. The molecule has 2 aliphatic rings. The number of aromatic nitrogens is 2. The van der Waals surface area contributed by atoms with Crippen LogP contribution in [0, 0.1) is 5.41 Å². The third kappa shape index (κ3) is 2.92. The summed E-state index contributed by atoms with van der Waals surface area (Å²) in [5.41, 5.74) is 3.19. The maximum absolute atomic E-state index is 12.3. The van der Waals surface area contributed by atoms with Gasteiger partial charge < -0.3 is 15.2 Å². The van der Waals surface area contributed by atoms with Crippen molar-refractivity contribution in [1.29, 1.82) is 0 Å². The molecule has 2 amide bonds. The summed E-state index contributed by atoms with van der Waals surface area (Å²) < 4.78 is 0. The van der Waals surface area contributed by atoms with Crippen LogP contribution in [0.2, 0.25) is 0 Å². The molecule has 1 fully saturated rings. The lowest BCUT2D eigenvalue weighted by atomic mass is 9.88. The number of benzene rings is 1. The second kappa shape index (κ2) is 5.72. The van der Waals surface area contributed by atoms with Crippen LogP contribution in [-0.2, 0) is 11.2 Å². The van der Waals surface area contributed by atoms with Crippen molar-refractivity contribution in [3.05, 3.63) is 35.7 Å². The van der Waals surface area contributed by atoms with Crippen LogP contribution >= 0.6 is 0 Å². The smallest absolute Gasteiger partial charge is 0.271 e. The zero-order valence-electron chi connectivity index (χ0n) is 14.6. The van der Waals surface area contributed by atoms with Gasteiger partial charge in [0.05, 0.1) is 0 Å². The molecule has 0 saturated carbocycles. The van der Waals surface area contributed by atoms with E-state index in [1.807, 2.05) is 29.2 Å². The average molecular weight is 338 g/mol. The third-order valence-electron chi connectivity index (χ3n) is 4.90. The molecule has 2 aliphatic heterocycles. The van der Waals surface area contributed by atoms with E-state index < -0.39 is 0 Å². The zero-order chi connectivity index (χ0) is 17.6. The van der Waals surface area contributed by atoms with Crippen molar-refractivity contribution >= 4 is 17.5 Å². The van der Waals surface area contributed by atoms with Gasteiger partial charge in [-0.05, 0) is 42.5 Å². The van der Waals surface area contributed by atoms with Crippen LogP contribution in [0.5, 0.6) is 0 Å². The van der Waals surface area contributed by atoms with E-state index in [4.69, 9.17) is 0 Å². The first kappa shape index (κ1) is 15.9. The van der Waals surface area contributed by atoms with Crippen LogP contribution in [0.3, 0.4) is 0 Å². The lowest BCUT2D eigenvalue weighted by molar-refractivity contribution is -0.117. The molecule has 0 aliphatic carbocycles. The lowest BCUT2D eigenvalue weighted by Crippen LogP contribution is -2.32. The van der Waals surface area contributed by atoms with E-state index in [2.05, 4.69) is 29.1 Å². The molecule has 1 saturated heterocycles. The number of carbonyl (C=O) groups is 2. The van der Waals surface area contributed by atoms with E-state index in [1.54, 1.807) is 0 Å². The van der Waals surface area contributed by atoms with Crippen LogP contribution in [0.15, 0.2) is 24.3 Å². The van der Waals surface area contributed by atoms with Crippen molar-refractivity contribution in [1.82, 2.24) is 15.3 Å². The SMILES string of the molecule is CC1(C)CNC(=O)c2nc(-c3ccc(N4CCCC4=O)cc3)[nH]c2C1. The van der Waals surface area contributed by atoms with Gasteiger partial charge in [0.25, 0.3) is 5.91 Å². The molecule has 0 atom stereocenters. The minimum Gasteiger partial charge on any atom is -0.350 e. The third-order valence-corrected chi connectivity index (χ3v) is 4.90. The molecule has 0 radical (unpaired) electrons. The summed E-state index contributed by atoms with van der Waals surface area (Å²) in [6.45, 7) is 5.68. The molecule has 0 spiro atoms. The van der Waals surface area contributed by atoms with Crippen molar-refractivity contribution in [2.75, 3.05) is 18.0 Å². The quantitative estimate of drug-likeness (QED) is 0.883. The summed E-state index contributed by atoms with van der Waals surface area (Å²) in [6.07, 6.45) is 2.31. The number of H-pyrrole nitrogens is 1. The highest BCUT2D eigenvalue weighted by Gasteiger charge is 2.30. The van der Waals surface area contributed by atoms with Crippen LogP contribution in [-0.4, -0.2) is 34.9 Å². The molecule has 1 aromatic carbocycles. The number of rotatable bonds is 2. The van der Waals surface area contributed by atoms with Gasteiger partial charge in [0.1, 0.15) is 11.5 Å². The fourth-order valence-corrected chi connectivity index (χ4v) is 3.53.